The van der Waals surface area contributed by atoms with Crippen LogP contribution in [0.15, 0.2) is 60.7 Å². The molecule has 0 bridgehead atoms. The second-order valence-electron chi connectivity index (χ2n) is 6.54. The lowest BCUT2D eigenvalue weighted by molar-refractivity contribution is -0.138. The zero-order chi connectivity index (χ0) is 18.4. The van der Waals surface area contributed by atoms with Crippen molar-refractivity contribution >= 4 is 6.08 Å². The third-order valence-electron chi connectivity index (χ3n) is 4.66. The molecule has 1 heterocycles. The molecule has 5 heteroatoms. The van der Waals surface area contributed by atoms with Crippen LogP contribution in [0.1, 0.15) is 16.7 Å². The molecular weight excluding hydrogens is 337 g/mol. The molecule has 2 nitrogen and oxygen atoms in total. The van der Waals surface area contributed by atoms with Crippen molar-refractivity contribution in [3.63, 3.8) is 0 Å². The summed E-state index contributed by atoms with van der Waals surface area (Å²) in [6.45, 7) is 4.52. The van der Waals surface area contributed by atoms with Gasteiger partial charge in [0.25, 0.3) is 0 Å². The van der Waals surface area contributed by atoms with Crippen LogP contribution >= 0.6 is 0 Å². The van der Waals surface area contributed by atoms with Gasteiger partial charge in [0, 0.05) is 39.3 Å². The zero-order valence-corrected chi connectivity index (χ0v) is 14.6. The topological polar surface area (TPSA) is 6.48 Å². The van der Waals surface area contributed by atoms with Crippen LogP contribution in [0.5, 0.6) is 0 Å². The molecule has 0 radical (unpaired) electrons. The molecule has 1 aliphatic heterocycles. The van der Waals surface area contributed by atoms with E-state index in [-0.39, 0.29) is 0 Å². The van der Waals surface area contributed by atoms with E-state index in [1.807, 2.05) is 18.2 Å². The third-order valence-corrected chi connectivity index (χ3v) is 4.66. The van der Waals surface area contributed by atoms with E-state index >= 15 is 0 Å². The van der Waals surface area contributed by atoms with Crippen molar-refractivity contribution in [2.75, 3.05) is 32.7 Å². The highest BCUT2D eigenvalue weighted by Crippen LogP contribution is 2.32. The van der Waals surface area contributed by atoms with E-state index in [4.69, 9.17) is 0 Å². The summed E-state index contributed by atoms with van der Waals surface area (Å²) in [7, 11) is 0. The van der Waals surface area contributed by atoms with Crippen molar-refractivity contribution in [3.8, 4) is 0 Å². The Hall–Kier alpha value is -2.11. The maximum absolute atomic E-state index is 13.1. The van der Waals surface area contributed by atoms with Gasteiger partial charge in [-0.3, -0.25) is 9.80 Å². The summed E-state index contributed by atoms with van der Waals surface area (Å²) >= 11 is 0. The van der Waals surface area contributed by atoms with E-state index < -0.39 is 11.7 Å². The Balaban J connectivity index is 1.49. The predicted octanol–water partition coefficient (Wildman–Crippen LogP) is 4.54. The van der Waals surface area contributed by atoms with Gasteiger partial charge < -0.3 is 0 Å². The summed E-state index contributed by atoms with van der Waals surface area (Å²) in [5.74, 6) is 0. The first-order chi connectivity index (χ1) is 12.5. The smallest absolute Gasteiger partial charge is 0.297 e. The average Bonchev–Trinajstić information content (AvgIpc) is 2.64. The Bertz CT molecular complexity index is 718. The molecule has 0 spiro atoms. The highest BCUT2D eigenvalue weighted by atomic mass is 19.4. The van der Waals surface area contributed by atoms with E-state index in [0.29, 0.717) is 12.1 Å². The molecule has 0 aromatic heterocycles. The first-order valence-corrected chi connectivity index (χ1v) is 8.84. The van der Waals surface area contributed by atoms with Crippen LogP contribution in [0, 0.1) is 0 Å². The highest BCUT2D eigenvalue weighted by molar-refractivity contribution is 5.48. The molecule has 0 unspecified atom stereocenters. The third kappa shape index (κ3) is 5.19. The predicted molar refractivity (Wildman–Crippen MR) is 98.6 cm³/mol. The van der Waals surface area contributed by atoms with Crippen molar-refractivity contribution in [1.82, 2.24) is 9.80 Å². The quantitative estimate of drug-likeness (QED) is 0.773. The van der Waals surface area contributed by atoms with Gasteiger partial charge in [-0.2, -0.15) is 13.2 Å². The van der Waals surface area contributed by atoms with Crippen molar-refractivity contribution in [2.24, 2.45) is 0 Å². The van der Waals surface area contributed by atoms with E-state index in [1.54, 1.807) is 12.1 Å². The summed E-state index contributed by atoms with van der Waals surface area (Å²) in [4.78, 5) is 4.42. The number of rotatable bonds is 5. The average molecular weight is 360 g/mol. The lowest BCUT2D eigenvalue weighted by atomic mass is 10.1. The summed E-state index contributed by atoms with van der Waals surface area (Å²) < 4.78 is 39.3. The molecule has 1 saturated heterocycles. The lowest BCUT2D eigenvalue weighted by Gasteiger charge is -2.34. The van der Waals surface area contributed by atoms with Gasteiger partial charge in [-0.25, -0.2) is 0 Å². The fourth-order valence-corrected chi connectivity index (χ4v) is 3.21. The van der Waals surface area contributed by atoms with Crippen molar-refractivity contribution in [1.29, 1.82) is 0 Å². The van der Waals surface area contributed by atoms with Gasteiger partial charge in [0.05, 0.1) is 5.56 Å². The van der Waals surface area contributed by atoms with Gasteiger partial charge in [0.1, 0.15) is 0 Å². The number of nitrogens with zero attached hydrogens (tertiary/aromatic N) is 2. The molecule has 0 saturated carbocycles. The largest absolute Gasteiger partial charge is 0.416 e. The summed E-state index contributed by atoms with van der Waals surface area (Å²) in [5, 5.41) is 0. The minimum Gasteiger partial charge on any atom is -0.297 e. The fourth-order valence-electron chi connectivity index (χ4n) is 3.21. The lowest BCUT2D eigenvalue weighted by Crippen LogP contribution is -2.45. The number of piperazine rings is 1. The van der Waals surface area contributed by atoms with E-state index in [1.165, 1.54) is 17.7 Å². The molecule has 26 heavy (non-hydrogen) atoms. The highest BCUT2D eigenvalue weighted by Gasteiger charge is 2.33. The zero-order valence-electron chi connectivity index (χ0n) is 14.6. The van der Waals surface area contributed by atoms with E-state index in [0.717, 1.165) is 32.7 Å². The maximum atomic E-state index is 13.1. The molecule has 2 aromatic carbocycles. The van der Waals surface area contributed by atoms with Crippen LogP contribution < -0.4 is 0 Å². The minimum absolute atomic E-state index is 0.351. The van der Waals surface area contributed by atoms with Crippen molar-refractivity contribution < 1.29 is 13.2 Å². The molecule has 0 amide bonds. The van der Waals surface area contributed by atoms with Gasteiger partial charge in [-0.1, -0.05) is 60.7 Å². The molecule has 0 N–H and O–H groups in total. The number of alkyl halides is 3. The Kier molecular flexibility index (Phi) is 6.12. The fraction of sp³-hybridized carbons (Fsp3) is 0.333. The van der Waals surface area contributed by atoms with Crippen LogP contribution in [0.3, 0.4) is 0 Å². The van der Waals surface area contributed by atoms with Gasteiger partial charge in [0.15, 0.2) is 0 Å². The number of hydrogen-bond acceptors (Lipinski definition) is 2. The SMILES string of the molecule is FC(F)(F)c1ccccc1CN1CCN(CC=Cc2ccccc2)CC1. The first kappa shape index (κ1) is 18.7. The normalized spacial score (nSPS) is 17.0. The molecule has 0 atom stereocenters. The van der Waals surface area contributed by atoms with Crippen molar-refractivity contribution in [2.45, 2.75) is 12.7 Å². The second-order valence-corrected chi connectivity index (χ2v) is 6.54. The molecule has 1 fully saturated rings. The molecule has 3 rings (SSSR count). The minimum atomic E-state index is -4.29. The molecule has 1 aliphatic rings. The van der Waals surface area contributed by atoms with Crippen molar-refractivity contribution in [3.05, 3.63) is 77.4 Å². The Labute approximate surface area is 152 Å². The van der Waals surface area contributed by atoms with Crippen LogP contribution in [0.2, 0.25) is 0 Å². The summed E-state index contributed by atoms with van der Waals surface area (Å²) in [6, 6.07) is 16.0. The Morgan fingerprint density at radius 2 is 1.42 bits per heavy atom. The summed E-state index contributed by atoms with van der Waals surface area (Å²) in [6.07, 6.45) is -0.0451. The standard InChI is InChI=1S/C21H23F3N2/c22-21(23,24)20-11-5-4-10-19(20)17-26-15-13-25(14-16-26)12-6-9-18-7-2-1-3-8-18/h1-11H,12-17H2. The van der Waals surface area contributed by atoms with Gasteiger partial charge in [-0.15, -0.1) is 0 Å². The first-order valence-electron chi connectivity index (χ1n) is 8.84. The number of benzene rings is 2. The Morgan fingerprint density at radius 3 is 2.12 bits per heavy atom. The summed E-state index contributed by atoms with van der Waals surface area (Å²) in [5.41, 5.74) is 1.01. The van der Waals surface area contributed by atoms with E-state index in [2.05, 4.69) is 34.1 Å². The van der Waals surface area contributed by atoms with Gasteiger partial charge in [-0.05, 0) is 17.2 Å². The molecule has 0 aliphatic carbocycles. The Morgan fingerprint density at radius 1 is 0.808 bits per heavy atom. The molecule has 138 valence electrons. The maximum Gasteiger partial charge on any atom is 0.416 e. The van der Waals surface area contributed by atoms with Gasteiger partial charge >= 0.3 is 6.18 Å². The second kappa shape index (κ2) is 8.52. The monoisotopic (exact) mass is 360 g/mol. The van der Waals surface area contributed by atoms with Gasteiger partial charge in [0.2, 0.25) is 0 Å². The van der Waals surface area contributed by atoms with Crippen LogP contribution in [-0.4, -0.2) is 42.5 Å². The number of halogens is 3. The molecule has 2 aromatic rings. The number of hydrogen-bond donors (Lipinski definition) is 0. The van der Waals surface area contributed by atoms with Crippen LogP contribution in [-0.2, 0) is 12.7 Å². The van der Waals surface area contributed by atoms with Crippen LogP contribution in [0.25, 0.3) is 6.08 Å². The van der Waals surface area contributed by atoms with Crippen LogP contribution in [0.4, 0.5) is 13.2 Å². The van der Waals surface area contributed by atoms with E-state index in [9.17, 15) is 13.2 Å². The molecular formula is C21H23F3N2.